The zero-order valence-corrected chi connectivity index (χ0v) is 64.6. The van der Waals surface area contributed by atoms with E-state index in [0.717, 1.165) is 19.3 Å². The number of amides is 2. The van der Waals surface area contributed by atoms with Crippen LogP contribution in [0.5, 0.6) is 0 Å². The van der Waals surface area contributed by atoms with Gasteiger partial charge in [0.1, 0.15) is 80.3 Å². The summed E-state index contributed by atoms with van der Waals surface area (Å²) in [5.74, 6) is -0.915. The third-order valence-electron chi connectivity index (χ3n) is 19.9. The molecule has 0 saturated carbocycles. The number of benzene rings is 1. The van der Waals surface area contributed by atoms with Gasteiger partial charge in [0.2, 0.25) is 11.9 Å². The van der Waals surface area contributed by atoms with Crippen LogP contribution in [0.1, 0.15) is 169 Å². The number of carbonyl (C=O) groups excluding carboxylic acids is 6. The number of Topliss-reactive ketones (excluding diaryl/α,β-unsaturated/α-hetero) is 2. The normalized spacial score (nSPS) is 26.7. The van der Waals surface area contributed by atoms with E-state index in [1.807, 2.05) is 33.8 Å². The van der Waals surface area contributed by atoms with Crippen LogP contribution in [0.4, 0.5) is 11.8 Å². The number of anilines is 2. The number of rotatable bonds is 44. The van der Waals surface area contributed by atoms with Gasteiger partial charge in [0.15, 0.2) is 53.2 Å². The second-order valence-corrected chi connectivity index (χ2v) is 28.2. The maximum absolute atomic E-state index is 12.8. The maximum atomic E-state index is 12.8. The molecule has 2 amide bonds. The van der Waals surface area contributed by atoms with E-state index in [1.54, 1.807) is 42.7 Å². The number of nitrogens with zero attached hydrogens (tertiary/aromatic N) is 7. The van der Waals surface area contributed by atoms with Crippen molar-refractivity contribution >= 4 is 69.4 Å². The average molecular weight is 1550 g/mol. The predicted octanol–water partition coefficient (Wildman–Crippen LogP) is 5.80. The zero-order chi connectivity index (χ0) is 79.4. The molecular weight excluding hydrogens is 1440 g/mol. The average Bonchev–Trinajstić information content (AvgIpc) is 1.62. The Labute approximate surface area is 639 Å². The van der Waals surface area contributed by atoms with Gasteiger partial charge in [0.25, 0.3) is 11.5 Å². The van der Waals surface area contributed by atoms with Gasteiger partial charge in [-0.2, -0.15) is 4.98 Å². The van der Waals surface area contributed by atoms with E-state index in [9.17, 15) is 54.0 Å². The monoisotopic (exact) mass is 1550 g/mol. The second kappa shape index (κ2) is 44.8. The molecule has 0 spiro atoms. The Morgan fingerprint density at radius 1 is 0.536 bits per heavy atom. The van der Waals surface area contributed by atoms with Gasteiger partial charge >= 0.3 is 11.9 Å². The van der Waals surface area contributed by atoms with Crippen molar-refractivity contribution in [2.75, 3.05) is 90.3 Å². The number of aliphatic hydroxyl groups is 4. The van der Waals surface area contributed by atoms with E-state index in [2.05, 4.69) is 54.4 Å². The lowest BCUT2D eigenvalue weighted by molar-refractivity contribution is -0.267. The molecule has 4 aliphatic rings. The molecule has 1 aromatic carbocycles. The number of hydrogen-bond donors (Lipinski definition) is 7. The predicted molar refractivity (Wildman–Crippen MR) is 392 cm³/mol. The molecule has 7 N–H and O–H groups in total. The standard InChI is InChI=1S/C39H55N5O12.C36H57N5O13/c1-5-29-33(54-26(4)46)24(2)25(3)39(56-29)52-17-10-9-14-28(47)15-11-16-50-18-19-51-23-53-34-32(48)30(20-45)55-38(34)44-22-42-31-35(40-21-41-36(31)44)43-37(49)27-12-7-6-8-13-27;1-7-25-29(52-23(6)43)21(4)22(5)35(54-25)50-14-9-8-11-24(44)12-10-13-48-15-16-49-19-51-30-28(45)26(17-42)53-34(30)41-18-37-27-31(41)38-36(40-33(27)47)39-32(46)20(2)3/h6-8,12-13,21-22,24-25,29-30,32-34,38-39,45,48H,5,9-11,14-20,23H2,1-4H3,(H,40,41,43,49);18,20-22,25-26,28-30,34-35,42,45H,7-17,19H2,1-6H3,(H2,38,39,40,46,47)/t24?,25?,29?,30-,32?,33?,34+,38-,39?;21?,22?,25?,26-,28?,29?,30+,34-,35?/m11/s1. The summed E-state index contributed by atoms with van der Waals surface area (Å²) in [5.41, 5.74) is 0.568. The Morgan fingerprint density at radius 3 is 1.48 bits per heavy atom. The summed E-state index contributed by atoms with van der Waals surface area (Å²) >= 11 is 0. The van der Waals surface area contributed by atoms with Crippen LogP contribution < -0.4 is 16.2 Å². The van der Waals surface area contributed by atoms with Crippen molar-refractivity contribution in [3.8, 4) is 0 Å². The highest BCUT2D eigenvalue weighted by atomic mass is 16.7. The molecule has 9 rings (SSSR count). The number of ether oxygens (including phenoxy) is 14. The number of unbranched alkanes of at least 4 members (excludes halogenated alkanes) is 2. The highest BCUT2D eigenvalue weighted by Gasteiger charge is 2.49. The number of nitrogens with one attached hydrogen (secondary N) is 3. The van der Waals surface area contributed by atoms with Crippen molar-refractivity contribution in [3.63, 3.8) is 0 Å². The van der Waals surface area contributed by atoms with Crippen LogP contribution in [0.2, 0.25) is 0 Å². The number of imidazole rings is 2. The van der Waals surface area contributed by atoms with E-state index >= 15 is 0 Å². The first-order valence-electron chi connectivity index (χ1n) is 38.1. The summed E-state index contributed by atoms with van der Waals surface area (Å²) in [5, 5.41) is 46.6. The van der Waals surface area contributed by atoms with Crippen LogP contribution in [0, 0.1) is 29.6 Å². The van der Waals surface area contributed by atoms with E-state index in [0.29, 0.717) is 101 Å². The Morgan fingerprint density at radius 2 is 1.01 bits per heavy atom. The molecule has 5 aromatic rings. The van der Waals surface area contributed by atoms with Gasteiger partial charge in [0.05, 0.1) is 64.5 Å². The van der Waals surface area contributed by atoms with Gasteiger partial charge in [-0.05, 0) is 63.5 Å². The van der Waals surface area contributed by atoms with Crippen molar-refractivity contribution < 1.29 is 116 Å². The summed E-state index contributed by atoms with van der Waals surface area (Å²) in [6.07, 6.45) is 1.29. The van der Waals surface area contributed by atoms with Crippen molar-refractivity contribution in [2.45, 2.75) is 232 Å². The minimum atomic E-state index is -1.24. The van der Waals surface area contributed by atoms with Crippen LogP contribution in [-0.2, 0) is 90.3 Å². The van der Waals surface area contributed by atoms with E-state index < -0.39 is 67.9 Å². The lowest BCUT2D eigenvalue weighted by Crippen LogP contribution is -2.51. The van der Waals surface area contributed by atoms with Crippen LogP contribution in [0.15, 0.2) is 54.1 Å². The quantitative estimate of drug-likeness (QED) is 0.0138. The maximum Gasteiger partial charge on any atom is 0.303 e. The van der Waals surface area contributed by atoms with Crippen molar-refractivity contribution in [1.82, 2.24) is 39.0 Å². The first-order valence-corrected chi connectivity index (χ1v) is 38.1. The zero-order valence-electron chi connectivity index (χ0n) is 64.6. The second-order valence-electron chi connectivity index (χ2n) is 28.2. The highest BCUT2D eigenvalue weighted by Crippen LogP contribution is 2.39. The fourth-order valence-electron chi connectivity index (χ4n) is 13.2. The number of H-pyrrole nitrogens is 1. The summed E-state index contributed by atoms with van der Waals surface area (Å²) in [6.45, 7) is 19.7. The summed E-state index contributed by atoms with van der Waals surface area (Å²) in [4.78, 5) is 109. The number of esters is 2. The molecular formula is C75H112N10O25. The molecule has 4 aliphatic heterocycles. The van der Waals surface area contributed by atoms with Crippen LogP contribution >= 0.6 is 0 Å². The molecule has 4 fully saturated rings. The lowest BCUT2D eigenvalue weighted by atomic mass is 9.84. The molecule has 12 unspecified atom stereocenters. The van der Waals surface area contributed by atoms with E-state index in [1.165, 1.54) is 37.4 Å². The Hall–Kier alpha value is -7.30. The Balaban J connectivity index is 0.000000277. The first kappa shape index (κ1) is 88.3. The number of aliphatic hydroxyl groups excluding tert-OH is 4. The minimum absolute atomic E-state index is 0.0137. The van der Waals surface area contributed by atoms with Crippen LogP contribution in [0.25, 0.3) is 22.3 Å². The number of aromatic nitrogens is 8. The van der Waals surface area contributed by atoms with Gasteiger partial charge in [-0.15, -0.1) is 0 Å². The van der Waals surface area contributed by atoms with Gasteiger partial charge < -0.3 is 92.1 Å². The van der Waals surface area contributed by atoms with Crippen LogP contribution in [0.3, 0.4) is 0 Å². The molecule has 4 saturated heterocycles. The third kappa shape index (κ3) is 24.8. The molecule has 0 aliphatic carbocycles. The molecule has 0 bridgehead atoms. The van der Waals surface area contributed by atoms with E-state index in [-0.39, 0.29) is 165 Å². The smallest absolute Gasteiger partial charge is 0.303 e. The molecule has 18 atom stereocenters. The SMILES string of the molecule is CCC1OC(OCCCCC(=O)CCCOCCOCO[C@H]2C(O)[C@@H](CO)O[C@H]2n2cnc3c(=O)[nH]c(NC(=O)C(C)C)nc32)C(C)C(C)C1OC(C)=O.CCC1OC(OCCCCC(=O)CCCOCCOCO[C@H]2C(O)[C@@H](CO)O[C@H]2n2cnc3c(NC(=O)c4ccccc4)ncnc32)C(C)C(C)C1OC(C)=O. The third-order valence-corrected chi connectivity index (χ3v) is 19.9. The first-order chi connectivity index (χ1) is 53.0. The number of aromatic amines is 1. The van der Waals surface area contributed by atoms with Gasteiger partial charge in [-0.1, -0.05) is 73.6 Å². The number of fused-ring (bicyclic) bond motifs is 2. The van der Waals surface area contributed by atoms with Gasteiger partial charge in [-0.3, -0.25) is 53.0 Å². The molecule has 35 heteroatoms. The minimum Gasteiger partial charge on any atom is -0.459 e. The molecule has 4 aromatic heterocycles. The Kier molecular flexibility index (Phi) is 36.0. The van der Waals surface area contributed by atoms with Crippen molar-refractivity contribution in [3.05, 3.63) is 65.2 Å². The largest absolute Gasteiger partial charge is 0.459 e. The van der Waals surface area contributed by atoms with Crippen molar-refractivity contribution in [1.29, 1.82) is 0 Å². The Bertz CT molecular complexity index is 3730. The number of ketones is 2. The highest BCUT2D eigenvalue weighted by molar-refractivity contribution is 6.06. The van der Waals surface area contributed by atoms with E-state index in [4.69, 9.17) is 66.3 Å². The number of hydrogen-bond acceptors (Lipinski definition) is 30. The molecule has 110 heavy (non-hydrogen) atoms. The molecule has 8 heterocycles. The van der Waals surface area contributed by atoms with Crippen molar-refractivity contribution in [2.24, 2.45) is 29.6 Å². The van der Waals surface area contributed by atoms with Gasteiger partial charge in [-0.25, -0.2) is 19.9 Å². The summed E-state index contributed by atoms with van der Waals surface area (Å²) in [7, 11) is 0. The fourth-order valence-corrected chi connectivity index (χ4v) is 13.2. The topological polar surface area (TPSA) is 444 Å². The fraction of sp³-hybridized carbons (Fsp3) is 0.707. The van der Waals surface area contributed by atoms with Gasteiger partial charge in [0, 0.05) is 101 Å². The van der Waals surface area contributed by atoms with Crippen LogP contribution in [-0.4, -0.2) is 248 Å². The molecule has 0 radical (unpaired) electrons. The summed E-state index contributed by atoms with van der Waals surface area (Å²) in [6, 6.07) is 8.68. The number of carbonyl (C=O) groups is 6. The molecule has 35 nitrogen and oxygen atoms in total. The summed E-state index contributed by atoms with van der Waals surface area (Å²) < 4.78 is 84.0. The lowest BCUT2D eigenvalue weighted by Gasteiger charge is -2.43. The molecule has 612 valence electrons.